The van der Waals surface area contributed by atoms with E-state index in [4.69, 9.17) is 4.74 Å². The molecule has 1 aromatic heterocycles. The predicted molar refractivity (Wildman–Crippen MR) is 75.9 cm³/mol. The fourth-order valence-corrected chi connectivity index (χ4v) is 3.62. The molecular formula is C14H24N2OS. The van der Waals surface area contributed by atoms with Crippen molar-refractivity contribution in [2.45, 2.75) is 70.7 Å². The first-order valence-electron chi connectivity index (χ1n) is 6.70. The molecule has 1 N–H and O–H groups in total. The minimum Gasteiger partial charge on any atom is -0.368 e. The van der Waals surface area contributed by atoms with Gasteiger partial charge in [0.2, 0.25) is 0 Å². The Hall–Kier alpha value is -0.450. The van der Waals surface area contributed by atoms with Crippen LogP contribution in [0.4, 0.5) is 0 Å². The van der Waals surface area contributed by atoms with E-state index in [2.05, 4.69) is 44.9 Å². The van der Waals surface area contributed by atoms with Gasteiger partial charge in [0, 0.05) is 17.6 Å². The third-order valence-electron chi connectivity index (χ3n) is 3.63. The maximum atomic E-state index is 6.13. The predicted octanol–water partition coefficient (Wildman–Crippen LogP) is 3.53. The van der Waals surface area contributed by atoms with Gasteiger partial charge in [0.05, 0.1) is 17.2 Å². The lowest BCUT2D eigenvalue weighted by Crippen LogP contribution is -2.44. The molecule has 0 saturated carbocycles. The molecule has 3 nitrogen and oxygen atoms in total. The van der Waals surface area contributed by atoms with Crippen molar-refractivity contribution in [2.24, 2.45) is 0 Å². The number of hydrogen-bond acceptors (Lipinski definition) is 4. The van der Waals surface area contributed by atoms with Crippen molar-refractivity contribution in [2.75, 3.05) is 0 Å². The highest BCUT2D eigenvalue weighted by Gasteiger charge is 2.46. The molecule has 2 atom stereocenters. The highest BCUT2D eigenvalue weighted by atomic mass is 32.1. The zero-order chi connectivity index (χ0) is 13.4. The standard InChI is InChI=1S/C14H24N2OS/c1-6-10(12-15-7-8-18-12)16-11-9-13(2,3)17-14(11,4)5/h7-8,10-11,16H,6,9H2,1-5H3. The number of ether oxygens (including phenoxy) is 1. The molecule has 2 unspecified atom stereocenters. The third kappa shape index (κ3) is 2.92. The van der Waals surface area contributed by atoms with Crippen LogP contribution in [0.2, 0.25) is 0 Å². The van der Waals surface area contributed by atoms with E-state index in [0.29, 0.717) is 12.1 Å². The van der Waals surface area contributed by atoms with E-state index in [9.17, 15) is 0 Å². The van der Waals surface area contributed by atoms with Gasteiger partial charge in [-0.15, -0.1) is 11.3 Å². The van der Waals surface area contributed by atoms with Crippen molar-refractivity contribution < 1.29 is 4.74 Å². The van der Waals surface area contributed by atoms with Crippen LogP contribution in [-0.2, 0) is 4.74 Å². The molecule has 0 bridgehead atoms. The van der Waals surface area contributed by atoms with Gasteiger partial charge in [-0.25, -0.2) is 4.98 Å². The highest BCUT2D eigenvalue weighted by molar-refractivity contribution is 7.09. The number of nitrogens with one attached hydrogen (secondary N) is 1. The molecule has 18 heavy (non-hydrogen) atoms. The van der Waals surface area contributed by atoms with E-state index in [1.54, 1.807) is 11.3 Å². The van der Waals surface area contributed by atoms with Gasteiger partial charge in [0.15, 0.2) is 0 Å². The number of hydrogen-bond donors (Lipinski definition) is 1. The molecule has 0 aromatic carbocycles. The lowest BCUT2D eigenvalue weighted by Gasteiger charge is -2.30. The topological polar surface area (TPSA) is 34.1 Å². The van der Waals surface area contributed by atoms with Gasteiger partial charge in [0.1, 0.15) is 5.01 Å². The molecule has 1 fully saturated rings. The van der Waals surface area contributed by atoms with Crippen molar-refractivity contribution in [1.82, 2.24) is 10.3 Å². The van der Waals surface area contributed by atoms with E-state index in [0.717, 1.165) is 12.8 Å². The molecule has 2 rings (SSSR count). The van der Waals surface area contributed by atoms with Crippen molar-refractivity contribution >= 4 is 11.3 Å². The molecule has 0 aliphatic carbocycles. The number of rotatable bonds is 4. The first-order chi connectivity index (χ1) is 8.34. The minimum absolute atomic E-state index is 0.0393. The second kappa shape index (κ2) is 4.91. The van der Waals surface area contributed by atoms with E-state index in [-0.39, 0.29) is 11.2 Å². The van der Waals surface area contributed by atoms with Crippen LogP contribution in [0.1, 0.15) is 58.5 Å². The summed E-state index contributed by atoms with van der Waals surface area (Å²) in [5.74, 6) is 0. The summed E-state index contributed by atoms with van der Waals surface area (Å²) in [6.07, 6.45) is 3.98. The van der Waals surface area contributed by atoms with Crippen molar-refractivity contribution in [1.29, 1.82) is 0 Å². The van der Waals surface area contributed by atoms with Crippen LogP contribution in [0.25, 0.3) is 0 Å². The number of aromatic nitrogens is 1. The van der Waals surface area contributed by atoms with E-state index in [1.165, 1.54) is 5.01 Å². The van der Waals surface area contributed by atoms with Crippen molar-refractivity contribution in [3.63, 3.8) is 0 Å². The van der Waals surface area contributed by atoms with E-state index in [1.807, 2.05) is 11.6 Å². The minimum atomic E-state index is -0.117. The Morgan fingerprint density at radius 3 is 2.67 bits per heavy atom. The number of nitrogens with zero attached hydrogens (tertiary/aromatic N) is 1. The van der Waals surface area contributed by atoms with Gasteiger partial charge in [-0.05, 0) is 40.5 Å². The Morgan fingerprint density at radius 1 is 1.50 bits per heavy atom. The molecule has 0 spiro atoms. The average molecular weight is 268 g/mol. The Kier molecular flexibility index (Phi) is 3.81. The SMILES string of the molecule is CCC(NC1CC(C)(C)OC1(C)C)c1nccs1. The molecule has 102 valence electrons. The fraction of sp³-hybridized carbons (Fsp3) is 0.786. The summed E-state index contributed by atoms with van der Waals surface area (Å²) in [5.41, 5.74) is -0.156. The maximum absolute atomic E-state index is 6.13. The van der Waals surface area contributed by atoms with Gasteiger partial charge < -0.3 is 10.1 Å². The maximum Gasteiger partial charge on any atom is 0.109 e. The Labute approximate surface area is 114 Å². The van der Waals surface area contributed by atoms with Crippen LogP contribution in [0.15, 0.2) is 11.6 Å². The van der Waals surface area contributed by atoms with E-state index >= 15 is 0 Å². The molecule has 4 heteroatoms. The summed E-state index contributed by atoms with van der Waals surface area (Å²) < 4.78 is 6.13. The lowest BCUT2D eigenvalue weighted by atomic mass is 9.93. The molecule has 2 heterocycles. The summed E-state index contributed by atoms with van der Waals surface area (Å²) >= 11 is 1.72. The molecule has 1 saturated heterocycles. The Bertz CT molecular complexity index is 387. The summed E-state index contributed by atoms with van der Waals surface area (Å²) in [5, 5.41) is 6.96. The van der Waals surface area contributed by atoms with Crippen molar-refractivity contribution in [3.8, 4) is 0 Å². The Balaban J connectivity index is 2.09. The van der Waals surface area contributed by atoms with Crippen LogP contribution >= 0.6 is 11.3 Å². The quantitative estimate of drug-likeness (QED) is 0.907. The second-order valence-electron chi connectivity index (χ2n) is 6.22. The largest absolute Gasteiger partial charge is 0.368 e. The van der Waals surface area contributed by atoms with E-state index < -0.39 is 0 Å². The van der Waals surface area contributed by atoms with Crippen LogP contribution < -0.4 is 5.32 Å². The molecular weight excluding hydrogens is 244 g/mol. The first-order valence-corrected chi connectivity index (χ1v) is 7.57. The smallest absolute Gasteiger partial charge is 0.109 e. The molecule has 0 radical (unpaired) electrons. The van der Waals surface area contributed by atoms with Gasteiger partial charge in [-0.3, -0.25) is 0 Å². The van der Waals surface area contributed by atoms with Crippen LogP contribution in [0.3, 0.4) is 0 Å². The zero-order valence-corrected chi connectivity index (χ0v) is 12.8. The monoisotopic (exact) mass is 268 g/mol. The van der Waals surface area contributed by atoms with Crippen molar-refractivity contribution in [3.05, 3.63) is 16.6 Å². The molecule has 1 aliphatic heterocycles. The van der Waals surface area contributed by atoms with Crippen LogP contribution in [-0.4, -0.2) is 22.2 Å². The molecule has 1 aliphatic rings. The second-order valence-corrected chi connectivity index (χ2v) is 7.15. The summed E-state index contributed by atoms with van der Waals surface area (Å²) in [7, 11) is 0. The zero-order valence-electron chi connectivity index (χ0n) is 12.0. The third-order valence-corrected chi connectivity index (χ3v) is 4.52. The summed E-state index contributed by atoms with van der Waals surface area (Å²) in [6, 6.07) is 0.716. The van der Waals surface area contributed by atoms with Gasteiger partial charge >= 0.3 is 0 Å². The molecule has 1 aromatic rings. The lowest BCUT2D eigenvalue weighted by molar-refractivity contribution is -0.0705. The van der Waals surface area contributed by atoms with Crippen LogP contribution in [0.5, 0.6) is 0 Å². The molecule has 0 amide bonds. The fourth-order valence-electron chi connectivity index (χ4n) is 2.84. The van der Waals surface area contributed by atoms with Crippen LogP contribution in [0, 0.1) is 0 Å². The number of thiazole rings is 1. The van der Waals surface area contributed by atoms with Gasteiger partial charge in [-0.1, -0.05) is 6.92 Å². The average Bonchev–Trinajstić information content (AvgIpc) is 2.80. The summed E-state index contributed by atoms with van der Waals surface area (Å²) in [6.45, 7) is 10.9. The highest BCUT2D eigenvalue weighted by Crippen LogP contribution is 2.38. The summed E-state index contributed by atoms with van der Waals surface area (Å²) in [4.78, 5) is 4.43. The normalized spacial score (nSPS) is 27.3. The first kappa shape index (κ1) is 14.0. The van der Waals surface area contributed by atoms with Gasteiger partial charge in [0.25, 0.3) is 0 Å². The van der Waals surface area contributed by atoms with Gasteiger partial charge in [-0.2, -0.15) is 0 Å². The Morgan fingerprint density at radius 2 is 2.22 bits per heavy atom.